The Morgan fingerprint density at radius 3 is 2.15 bits per heavy atom. The number of piperidine rings is 1. The lowest BCUT2D eigenvalue weighted by Crippen LogP contribution is -2.56. The summed E-state index contributed by atoms with van der Waals surface area (Å²) in [5, 5.41) is 9.94. The van der Waals surface area contributed by atoms with E-state index in [9.17, 15) is 14.7 Å². The molecule has 0 unspecified atom stereocenters. The zero-order chi connectivity index (χ0) is 23.5. The largest absolute Gasteiger partial charge is 0.480 e. The molecule has 34 heavy (non-hydrogen) atoms. The van der Waals surface area contributed by atoms with E-state index in [1.807, 2.05) is 54.6 Å². The van der Waals surface area contributed by atoms with Crippen molar-refractivity contribution in [3.8, 4) is 11.1 Å². The van der Waals surface area contributed by atoms with E-state index in [1.54, 1.807) is 0 Å². The molecule has 6 nitrogen and oxygen atoms in total. The molecule has 3 aromatic carbocycles. The highest BCUT2D eigenvalue weighted by Gasteiger charge is 2.41. The number of carboxylic acids is 1. The number of nitrogens with zero attached hydrogens (tertiary/aromatic N) is 1. The highest BCUT2D eigenvalue weighted by molar-refractivity contribution is 5.82. The Balaban J connectivity index is 1.29. The Bertz CT molecular complexity index is 1130. The Morgan fingerprint density at radius 2 is 1.50 bits per heavy atom. The number of aliphatic carboxylic acids is 1. The Hall–Kier alpha value is -3.64. The summed E-state index contributed by atoms with van der Waals surface area (Å²) >= 11 is 0. The van der Waals surface area contributed by atoms with E-state index in [-0.39, 0.29) is 12.5 Å². The van der Waals surface area contributed by atoms with Crippen molar-refractivity contribution in [2.45, 2.75) is 37.5 Å². The van der Waals surface area contributed by atoms with Gasteiger partial charge in [0, 0.05) is 12.5 Å². The molecular formula is C28H27NO5. The van der Waals surface area contributed by atoms with Gasteiger partial charge in [-0.15, -0.1) is 0 Å². The van der Waals surface area contributed by atoms with E-state index in [0.29, 0.717) is 26.0 Å². The molecule has 0 aromatic heterocycles. The van der Waals surface area contributed by atoms with Crippen LogP contribution in [-0.2, 0) is 20.9 Å². The second-order valence-corrected chi connectivity index (χ2v) is 8.76. The minimum Gasteiger partial charge on any atom is -0.480 e. The van der Waals surface area contributed by atoms with Crippen LogP contribution in [0.25, 0.3) is 11.1 Å². The van der Waals surface area contributed by atoms with Crippen LogP contribution in [0.3, 0.4) is 0 Å². The monoisotopic (exact) mass is 457 g/mol. The summed E-state index contributed by atoms with van der Waals surface area (Å²) < 4.78 is 11.7. The smallest absolute Gasteiger partial charge is 0.410 e. The van der Waals surface area contributed by atoms with Crippen molar-refractivity contribution < 1.29 is 24.2 Å². The number of likely N-dealkylation sites (tertiary alicyclic amines) is 1. The number of benzene rings is 3. The SMILES string of the molecule is O=C(O)[C@@H]1[C@H](OCc2ccccc2)CCCN1C(=O)OCC1c2ccccc2-c2ccccc21. The van der Waals surface area contributed by atoms with Crippen LogP contribution >= 0.6 is 0 Å². The van der Waals surface area contributed by atoms with Crippen molar-refractivity contribution in [2.24, 2.45) is 0 Å². The van der Waals surface area contributed by atoms with Gasteiger partial charge in [-0.25, -0.2) is 9.59 Å². The van der Waals surface area contributed by atoms with Gasteiger partial charge in [-0.1, -0.05) is 78.9 Å². The highest BCUT2D eigenvalue weighted by atomic mass is 16.6. The lowest BCUT2D eigenvalue weighted by molar-refractivity contribution is -0.152. The predicted octanol–water partition coefficient (Wildman–Crippen LogP) is 5.07. The quantitative estimate of drug-likeness (QED) is 0.559. The first-order valence-corrected chi connectivity index (χ1v) is 11.6. The average Bonchev–Trinajstić information content (AvgIpc) is 3.20. The summed E-state index contributed by atoms with van der Waals surface area (Å²) in [7, 11) is 0. The predicted molar refractivity (Wildman–Crippen MR) is 127 cm³/mol. The van der Waals surface area contributed by atoms with Crippen LogP contribution in [0.5, 0.6) is 0 Å². The number of hydrogen-bond donors (Lipinski definition) is 1. The molecule has 6 heteroatoms. The number of fused-ring (bicyclic) bond motifs is 3. The van der Waals surface area contributed by atoms with Gasteiger partial charge in [-0.3, -0.25) is 4.90 Å². The fraction of sp³-hybridized carbons (Fsp3) is 0.286. The fourth-order valence-electron chi connectivity index (χ4n) is 5.09. The topological polar surface area (TPSA) is 76.1 Å². The van der Waals surface area contributed by atoms with Crippen LogP contribution in [0, 0.1) is 0 Å². The van der Waals surface area contributed by atoms with Gasteiger partial charge < -0.3 is 14.6 Å². The van der Waals surface area contributed by atoms with Crippen LogP contribution in [-0.4, -0.2) is 47.4 Å². The van der Waals surface area contributed by atoms with E-state index in [4.69, 9.17) is 9.47 Å². The molecule has 0 saturated carbocycles. The molecule has 1 heterocycles. The number of ether oxygens (including phenoxy) is 2. The number of carbonyl (C=O) groups excluding carboxylic acids is 1. The molecule has 1 amide bonds. The molecule has 3 aromatic rings. The molecule has 0 bridgehead atoms. The second kappa shape index (κ2) is 9.69. The normalized spacial score (nSPS) is 19.4. The van der Waals surface area contributed by atoms with Gasteiger partial charge in [0.25, 0.3) is 0 Å². The van der Waals surface area contributed by atoms with Crippen LogP contribution < -0.4 is 0 Å². The maximum absolute atomic E-state index is 13.1. The van der Waals surface area contributed by atoms with Crippen molar-refractivity contribution in [2.75, 3.05) is 13.2 Å². The number of carboxylic acid groups (broad SMARTS) is 1. The summed E-state index contributed by atoms with van der Waals surface area (Å²) in [6, 6.07) is 24.8. The van der Waals surface area contributed by atoms with Crippen molar-refractivity contribution in [3.63, 3.8) is 0 Å². The van der Waals surface area contributed by atoms with E-state index in [2.05, 4.69) is 24.3 Å². The molecule has 1 saturated heterocycles. The van der Waals surface area contributed by atoms with Gasteiger partial charge in [-0.2, -0.15) is 0 Å². The number of hydrogen-bond acceptors (Lipinski definition) is 4. The molecule has 1 N–H and O–H groups in total. The Labute approximate surface area is 198 Å². The molecule has 0 spiro atoms. The van der Waals surface area contributed by atoms with Gasteiger partial charge in [0.15, 0.2) is 6.04 Å². The molecule has 2 aliphatic rings. The van der Waals surface area contributed by atoms with E-state index < -0.39 is 24.2 Å². The molecule has 1 aliphatic heterocycles. The molecule has 174 valence electrons. The average molecular weight is 458 g/mol. The standard InChI is InChI=1S/C28H27NO5/c30-27(31)26-25(33-17-19-9-2-1-3-10-19)15-8-16-29(26)28(32)34-18-24-22-13-6-4-11-20(22)21-12-5-7-14-23(21)24/h1-7,9-14,24-26H,8,15-18H2,(H,30,31)/t25-,26+/m1/s1. The summed E-state index contributed by atoms with van der Waals surface area (Å²) in [6.45, 7) is 0.790. The third-order valence-corrected chi connectivity index (χ3v) is 6.71. The van der Waals surface area contributed by atoms with Gasteiger partial charge in [0.05, 0.1) is 12.7 Å². The third kappa shape index (κ3) is 4.29. The number of carbonyl (C=O) groups is 2. The van der Waals surface area contributed by atoms with E-state index >= 15 is 0 Å². The van der Waals surface area contributed by atoms with Crippen molar-refractivity contribution in [3.05, 3.63) is 95.6 Å². The fourth-order valence-corrected chi connectivity index (χ4v) is 5.09. The van der Waals surface area contributed by atoms with Gasteiger partial charge in [0.2, 0.25) is 0 Å². The minimum atomic E-state index is -1.08. The van der Waals surface area contributed by atoms with Crippen molar-refractivity contribution in [1.29, 1.82) is 0 Å². The van der Waals surface area contributed by atoms with Crippen molar-refractivity contribution in [1.82, 2.24) is 4.90 Å². The molecule has 2 atom stereocenters. The van der Waals surface area contributed by atoms with Gasteiger partial charge >= 0.3 is 12.1 Å². The van der Waals surface area contributed by atoms with Crippen LogP contribution in [0.1, 0.15) is 35.4 Å². The lowest BCUT2D eigenvalue weighted by atomic mass is 9.98. The first-order chi connectivity index (χ1) is 16.6. The minimum absolute atomic E-state index is 0.0745. The molecule has 0 radical (unpaired) electrons. The number of rotatable bonds is 6. The van der Waals surface area contributed by atoms with Crippen LogP contribution in [0.15, 0.2) is 78.9 Å². The Morgan fingerprint density at radius 1 is 0.882 bits per heavy atom. The zero-order valence-electron chi connectivity index (χ0n) is 18.8. The first kappa shape index (κ1) is 22.2. The third-order valence-electron chi connectivity index (χ3n) is 6.71. The highest BCUT2D eigenvalue weighted by Crippen LogP contribution is 2.44. The molecule has 1 aliphatic carbocycles. The van der Waals surface area contributed by atoms with Crippen LogP contribution in [0.4, 0.5) is 4.79 Å². The van der Waals surface area contributed by atoms with Crippen LogP contribution in [0.2, 0.25) is 0 Å². The first-order valence-electron chi connectivity index (χ1n) is 11.6. The summed E-state index contributed by atoms with van der Waals surface area (Å²) in [5.41, 5.74) is 5.50. The maximum atomic E-state index is 13.1. The van der Waals surface area contributed by atoms with Crippen molar-refractivity contribution >= 4 is 12.1 Å². The molecule has 1 fully saturated rings. The summed E-state index contributed by atoms with van der Waals surface area (Å²) in [5.74, 6) is -1.15. The maximum Gasteiger partial charge on any atom is 0.410 e. The molecule has 5 rings (SSSR count). The summed E-state index contributed by atoms with van der Waals surface area (Å²) in [6.07, 6.45) is 0.0407. The zero-order valence-corrected chi connectivity index (χ0v) is 18.8. The molecular weight excluding hydrogens is 430 g/mol. The lowest BCUT2D eigenvalue weighted by Gasteiger charge is -2.38. The summed E-state index contributed by atoms with van der Waals surface area (Å²) in [4.78, 5) is 26.6. The van der Waals surface area contributed by atoms with E-state index in [1.165, 1.54) is 4.90 Å². The van der Waals surface area contributed by atoms with Gasteiger partial charge in [0.1, 0.15) is 6.61 Å². The van der Waals surface area contributed by atoms with E-state index in [0.717, 1.165) is 27.8 Å². The Kier molecular flexibility index (Phi) is 6.32. The second-order valence-electron chi connectivity index (χ2n) is 8.76. The number of amides is 1. The van der Waals surface area contributed by atoms with Gasteiger partial charge in [-0.05, 0) is 40.7 Å².